The summed E-state index contributed by atoms with van der Waals surface area (Å²) in [5, 5.41) is 5.99. The van der Waals surface area contributed by atoms with Gasteiger partial charge in [-0.2, -0.15) is 0 Å². The molecular weight excluding hydrogens is 487 g/mol. The maximum atomic E-state index is 14.2. The fourth-order valence-corrected chi connectivity index (χ4v) is 6.34. The Morgan fingerprint density at radius 3 is 2.47 bits per heavy atom. The van der Waals surface area contributed by atoms with Crippen molar-refractivity contribution in [3.63, 3.8) is 0 Å². The minimum Gasteiger partial charge on any atom is -0.381 e. The third-order valence-electron chi connectivity index (χ3n) is 8.73. The van der Waals surface area contributed by atoms with Crippen LogP contribution in [0, 0.1) is 11.2 Å². The van der Waals surface area contributed by atoms with Gasteiger partial charge in [0.15, 0.2) is 0 Å². The van der Waals surface area contributed by atoms with Crippen LogP contribution in [-0.2, 0) is 25.7 Å². The summed E-state index contributed by atoms with van der Waals surface area (Å²) in [6.07, 6.45) is 2.56. The molecule has 0 aliphatic carbocycles. The lowest BCUT2D eigenvalue weighted by Crippen LogP contribution is -2.61. The molecule has 38 heavy (non-hydrogen) atoms. The summed E-state index contributed by atoms with van der Waals surface area (Å²) in [6, 6.07) is 5.53. The van der Waals surface area contributed by atoms with Crippen molar-refractivity contribution < 1.29 is 23.5 Å². The topological polar surface area (TPSA) is 83.1 Å². The van der Waals surface area contributed by atoms with Gasteiger partial charge in [-0.25, -0.2) is 4.39 Å². The largest absolute Gasteiger partial charge is 0.381 e. The summed E-state index contributed by atoms with van der Waals surface area (Å²) in [7, 11) is 1.73. The Balaban J connectivity index is 1.60. The van der Waals surface area contributed by atoms with Gasteiger partial charge in [0, 0.05) is 37.9 Å². The molecule has 9 heteroatoms. The molecule has 0 aromatic heterocycles. The second-order valence-corrected chi connectivity index (χ2v) is 12.4. The van der Waals surface area contributed by atoms with Gasteiger partial charge in [0.1, 0.15) is 11.9 Å². The molecule has 1 aromatic rings. The normalized spacial score (nSPS) is 28.2. The number of rotatable bonds is 8. The molecule has 8 nitrogen and oxygen atoms in total. The first-order valence-corrected chi connectivity index (χ1v) is 13.9. The second kappa shape index (κ2) is 11.6. The van der Waals surface area contributed by atoms with Crippen molar-refractivity contribution in [3.8, 4) is 0 Å². The van der Waals surface area contributed by atoms with Gasteiger partial charge in [-0.3, -0.25) is 14.5 Å². The van der Waals surface area contributed by atoms with Gasteiger partial charge in [0.05, 0.1) is 24.8 Å². The number of benzene rings is 1. The molecule has 3 heterocycles. The fraction of sp³-hybridized carbons (Fsp3) is 0.724. The van der Waals surface area contributed by atoms with Gasteiger partial charge in [-0.15, -0.1) is 0 Å². The zero-order chi connectivity index (χ0) is 27.7. The highest BCUT2D eigenvalue weighted by Gasteiger charge is 2.60. The van der Waals surface area contributed by atoms with Crippen LogP contribution in [0.4, 0.5) is 4.39 Å². The summed E-state index contributed by atoms with van der Waals surface area (Å²) in [4.78, 5) is 31.6. The average Bonchev–Trinajstić information content (AvgIpc) is 3.38. The molecule has 0 radical (unpaired) electrons. The third kappa shape index (κ3) is 5.91. The van der Waals surface area contributed by atoms with Gasteiger partial charge >= 0.3 is 0 Å². The second-order valence-electron chi connectivity index (χ2n) is 12.4. The van der Waals surface area contributed by atoms with Crippen LogP contribution in [0.15, 0.2) is 24.3 Å². The summed E-state index contributed by atoms with van der Waals surface area (Å²) in [5.41, 5.74) is 0.188. The van der Waals surface area contributed by atoms with Crippen LogP contribution in [0.3, 0.4) is 0 Å². The van der Waals surface area contributed by atoms with E-state index in [0.717, 1.165) is 44.6 Å². The first kappa shape index (κ1) is 28.9. The number of likely N-dealkylation sites (N-methyl/N-ethyl adjacent to an activating group) is 1. The molecule has 5 atom stereocenters. The Morgan fingerprint density at radius 2 is 1.87 bits per heavy atom. The number of hydrogen-bond acceptors (Lipinski definition) is 6. The molecule has 0 spiro atoms. The highest BCUT2D eigenvalue weighted by Crippen LogP contribution is 2.45. The number of nitrogens with one attached hydrogen (secondary N) is 2. The van der Waals surface area contributed by atoms with Crippen molar-refractivity contribution >= 4 is 11.8 Å². The number of amides is 2. The SMILES string of the molecule is CN[C@@H](C)C(=O)NC(C(=O)N1CC[C@]2(C)C1[C@@H](OCc1ccc(F)cc1)CN2C1CCOCC1)C(C)(C)C. The standard InChI is InChI=1S/C29H45FN4O4/c1-19(31-6)26(35)32-24(28(2,3)4)27(36)33-14-13-29(5)25(33)23(17-34(29)22-11-15-37-16-12-22)38-18-20-7-9-21(30)10-8-20/h7-10,19,22-25,31H,11-18H2,1-6H3,(H,32,35)/t19-,23-,24?,25?,29+/m0/s1. The lowest BCUT2D eigenvalue weighted by Gasteiger charge is -2.42. The summed E-state index contributed by atoms with van der Waals surface area (Å²) >= 11 is 0. The first-order valence-electron chi connectivity index (χ1n) is 13.9. The molecule has 2 unspecified atom stereocenters. The van der Waals surface area contributed by atoms with Crippen molar-refractivity contribution in [3.05, 3.63) is 35.6 Å². The summed E-state index contributed by atoms with van der Waals surface area (Å²) in [5.74, 6) is -0.530. The maximum absolute atomic E-state index is 14.2. The number of carbonyl (C=O) groups excluding carboxylic acids is 2. The van der Waals surface area contributed by atoms with Crippen molar-refractivity contribution in [2.24, 2.45) is 5.41 Å². The van der Waals surface area contributed by atoms with Gasteiger partial charge in [0.25, 0.3) is 0 Å². The van der Waals surface area contributed by atoms with Gasteiger partial charge < -0.3 is 25.0 Å². The van der Waals surface area contributed by atoms with Crippen molar-refractivity contribution in [1.29, 1.82) is 0 Å². The van der Waals surface area contributed by atoms with Crippen molar-refractivity contribution in [2.45, 2.75) is 96.3 Å². The van der Waals surface area contributed by atoms with Crippen LogP contribution in [0.1, 0.15) is 59.4 Å². The molecule has 2 N–H and O–H groups in total. The number of likely N-dealkylation sites (tertiary alicyclic amines) is 2. The lowest BCUT2D eigenvalue weighted by molar-refractivity contribution is -0.143. The van der Waals surface area contributed by atoms with E-state index in [0.29, 0.717) is 19.2 Å². The smallest absolute Gasteiger partial charge is 0.246 e. The number of halogens is 1. The van der Waals surface area contributed by atoms with Crippen LogP contribution in [0.5, 0.6) is 0 Å². The van der Waals surface area contributed by atoms with Crippen LogP contribution in [0.2, 0.25) is 0 Å². The minimum atomic E-state index is -0.664. The van der Waals surface area contributed by atoms with E-state index < -0.39 is 17.5 Å². The summed E-state index contributed by atoms with van der Waals surface area (Å²) < 4.78 is 25.6. The van der Waals surface area contributed by atoms with Gasteiger partial charge in [-0.05, 0) is 63.3 Å². The van der Waals surface area contributed by atoms with E-state index in [4.69, 9.17) is 9.47 Å². The van der Waals surface area contributed by atoms with E-state index in [9.17, 15) is 14.0 Å². The van der Waals surface area contributed by atoms with Crippen LogP contribution >= 0.6 is 0 Å². The number of hydrogen-bond donors (Lipinski definition) is 2. The Labute approximate surface area is 226 Å². The van der Waals surface area contributed by atoms with E-state index in [1.165, 1.54) is 12.1 Å². The molecule has 212 valence electrons. The molecule has 3 aliphatic heterocycles. The first-order chi connectivity index (χ1) is 18.0. The molecule has 2 amide bonds. The molecule has 3 saturated heterocycles. The fourth-order valence-electron chi connectivity index (χ4n) is 6.34. The minimum absolute atomic E-state index is 0.0629. The van der Waals surface area contributed by atoms with E-state index >= 15 is 0 Å². The van der Waals surface area contributed by atoms with E-state index in [2.05, 4.69) is 22.5 Å². The monoisotopic (exact) mass is 532 g/mol. The number of nitrogens with zero attached hydrogens (tertiary/aromatic N) is 2. The highest BCUT2D eigenvalue weighted by molar-refractivity contribution is 5.90. The Hall–Kier alpha value is -2.07. The predicted octanol–water partition coefficient (Wildman–Crippen LogP) is 2.70. The van der Waals surface area contributed by atoms with Crippen molar-refractivity contribution in [2.75, 3.05) is 33.4 Å². The van der Waals surface area contributed by atoms with Gasteiger partial charge in [0.2, 0.25) is 11.8 Å². The zero-order valence-electron chi connectivity index (χ0n) is 23.8. The number of ether oxygens (including phenoxy) is 2. The number of carbonyl (C=O) groups is 2. The van der Waals surface area contributed by atoms with E-state index in [-0.39, 0.29) is 35.3 Å². The molecular formula is C29H45FN4O4. The quantitative estimate of drug-likeness (QED) is 0.536. The zero-order valence-corrected chi connectivity index (χ0v) is 23.8. The van der Waals surface area contributed by atoms with E-state index in [1.807, 2.05) is 25.7 Å². The molecule has 0 saturated carbocycles. The van der Waals surface area contributed by atoms with Crippen LogP contribution in [-0.4, -0.2) is 90.8 Å². The average molecular weight is 533 g/mol. The molecule has 4 rings (SSSR count). The summed E-state index contributed by atoms with van der Waals surface area (Å²) in [6.45, 7) is 13.2. The highest BCUT2D eigenvalue weighted by atomic mass is 19.1. The Bertz CT molecular complexity index is 978. The molecule has 0 bridgehead atoms. The van der Waals surface area contributed by atoms with Crippen LogP contribution < -0.4 is 10.6 Å². The third-order valence-corrected chi connectivity index (χ3v) is 8.73. The molecule has 3 aliphatic rings. The van der Waals surface area contributed by atoms with Crippen molar-refractivity contribution in [1.82, 2.24) is 20.4 Å². The molecule has 1 aromatic carbocycles. The predicted molar refractivity (Wildman–Crippen MR) is 144 cm³/mol. The Kier molecular flexibility index (Phi) is 8.81. The Morgan fingerprint density at radius 1 is 1.21 bits per heavy atom. The van der Waals surface area contributed by atoms with Crippen LogP contribution in [0.25, 0.3) is 0 Å². The molecule has 3 fully saturated rings. The lowest BCUT2D eigenvalue weighted by atomic mass is 9.84. The maximum Gasteiger partial charge on any atom is 0.246 e. The van der Waals surface area contributed by atoms with Gasteiger partial charge in [-0.1, -0.05) is 32.9 Å². The number of fused-ring (bicyclic) bond motifs is 1. The van der Waals surface area contributed by atoms with E-state index in [1.54, 1.807) is 26.1 Å².